The van der Waals surface area contributed by atoms with E-state index in [1.165, 1.54) is 0 Å². The Morgan fingerprint density at radius 3 is 2.67 bits per heavy atom. The molecule has 0 spiro atoms. The van der Waals surface area contributed by atoms with Crippen LogP contribution in [0.25, 0.3) is 0 Å². The van der Waals surface area contributed by atoms with E-state index in [1.807, 2.05) is 6.92 Å². The Kier molecular flexibility index (Phi) is 4.12. The van der Waals surface area contributed by atoms with E-state index < -0.39 is 0 Å². The number of nitrogens with zero attached hydrogens (tertiary/aromatic N) is 1. The second-order valence-corrected chi connectivity index (χ2v) is 4.47. The van der Waals surface area contributed by atoms with E-state index in [0.717, 1.165) is 6.42 Å². The molecule has 1 aliphatic heterocycles. The minimum Gasteiger partial charge on any atom is -0.343 e. The zero-order chi connectivity index (χ0) is 11.4. The second-order valence-electron chi connectivity index (χ2n) is 4.47. The summed E-state index contributed by atoms with van der Waals surface area (Å²) in [5, 5.41) is 2.70. The molecular formula is C11H20N2O2. The van der Waals surface area contributed by atoms with Gasteiger partial charge < -0.3 is 10.2 Å². The Bertz CT molecular complexity index is 251. The number of piperazine rings is 1. The maximum absolute atomic E-state index is 11.8. The summed E-state index contributed by atoms with van der Waals surface area (Å²) in [7, 11) is 0. The summed E-state index contributed by atoms with van der Waals surface area (Å²) >= 11 is 0. The smallest absolute Gasteiger partial charge is 0.245 e. The van der Waals surface area contributed by atoms with Crippen LogP contribution >= 0.6 is 0 Å². The van der Waals surface area contributed by atoms with Gasteiger partial charge in [0, 0.05) is 6.54 Å². The number of carbonyl (C=O) groups is 2. The molecule has 4 heteroatoms. The molecule has 86 valence electrons. The third kappa shape index (κ3) is 3.22. The summed E-state index contributed by atoms with van der Waals surface area (Å²) in [5.74, 6) is 0.589. The number of hydrogen-bond donors (Lipinski definition) is 1. The fraction of sp³-hybridized carbons (Fsp3) is 0.818. The first-order valence-corrected chi connectivity index (χ1v) is 5.62. The molecule has 0 aliphatic carbocycles. The van der Waals surface area contributed by atoms with E-state index in [0.29, 0.717) is 18.9 Å². The van der Waals surface area contributed by atoms with Crippen LogP contribution in [0.4, 0.5) is 0 Å². The highest BCUT2D eigenvalue weighted by Crippen LogP contribution is 2.08. The van der Waals surface area contributed by atoms with Crippen molar-refractivity contribution < 1.29 is 9.59 Å². The zero-order valence-electron chi connectivity index (χ0n) is 9.75. The van der Waals surface area contributed by atoms with Crippen molar-refractivity contribution >= 4 is 11.8 Å². The Morgan fingerprint density at radius 2 is 2.13 bits per heavy atom. The van der Waals surface area contributed by atoms with Crippen molar-refractivity contribution in [2.75, 3.05) is 13.1 Å². The maximum atomic E-state index is 11.8. The number of hydrogen-bond acceptors (Lipinski definition) is 2. The van der Waals surface area contributed by atoms with Gasteiger partial charge in [0.25, 0.3) is 0 Å². The Labute approximate surface area is 91.0 Å². The van der Waals surface area contributed by atoms with E-state index in [-0.39, 0.29) is 24.4 Å². The van der Waals surface area contributed by atoms with Crippen LogP contribution in [0.1, 0.15) is 33.6 Å². The highest BCUT2D eigenvalue weighted by molar-refractivity contribution is 5.94. The molecule has 1 rings (SSSR count). The topological polar surface area (TPSA) is 49.4 Å². The summed E-state index contributed by atoms with van der Waals surface area (Å²) in [4.78, 5) is 24.8. The lowest BCUT2D eigenvalue weighted by atomic mass is 10.1. The molecule has 15 heavy (non-hydrogen) atoms. The molecule has 0 bridgehead atoms. The van der Waals surface area contributed by atoms with Gasteiger partial charge >= 0.3 is 0 Å². The summed E-state index contributed by atoms with van der Waals surface area (Å²) in [6, 6.07) is -0.307. The molecule has 4 nitrogen and oxygen atoms in total. The molecule has 1 atom stereocenters. The SMILES string of the molecule is CCC1NC(=O)CN(CCC(C)C)C1=O. The predicted octanol–water partition coefficient (Wildman–Crippen LogP) is 0.769. The Balaban J connectivity index is 2.54. The monoisotopic (exact) mass is 212 g/mol. The number of amides is 2. The molecule has 0 aromatic carbocycles. The third-order valence-corrected chi connectivity index (χ3v) is 2.66. The van der Waals surface area contributed by atoms with Crippen molar-refractivity contribution in [3.05, 3.63) is 0 Å². The van der Waals surface area contributed by atoms with Crippen LogP contribution in [0.2, 0.25) is 0 Å². The second kappa shape index (κ2) is 5.14. The van der Waals surface area contributed by atoms with Gasteiger partial charge in [-0.3, -0.25) is 9.59 Å². The van der Waals surface area contributed by atoms with Gasteiger partial charge in [0.1, 0.15) is 6.04 Å². The number of rotatable bonds is 4. The van der Waals surface area contributed by atoms with Crippen LogP contribution in [-0.4, -0.2) is 35.8 Å². The van der Waals surface area contributed by atoms with Crippen LogP contribution < -0.4 is 5.32 Å². The predicted molar refractivity (Wildman–Crippen MR) is 58.3 cm³/mol. The minimum atomic E-state index is -0.307. The summed E-state index contributed by atoms with van der Waals surface area (Å²) < 4.78 is 0. The molecule has 1 fully saturated rings. The van der Waals surface area contributed by atoms with Crippen molar-refractivity contribution in [2.24, 2.45) is 5.92 Å². The normalized spacial score (nSPS) is 22.1. The lowest BCUT2D eigenvalue weighted by molar-refractivity contribution is -0.144. The first-order chi connectivity index (χ1) is 7.04. The van der Waals surface area contributed by atoms with Crippen LogP contribution in [0.3, 0.4) is 0 Å². The van der Waals surface area contributed by atoms with Crippen molar-refractivity contribution in [1.82, 2.24) is 10.2 Å². The standard InChI is InChI=1S/C11H20N2O2/c1-4-9-11(15)13(6-5-8(2)3)7-10(14)12-9/h8-9H,4-7H2,1-3H3,(H,12,14). The molecule has 1 N–H and O–H groups in total. The average Bonchev–Trinajstić information content (AvgIpc) is 2.18. The van der Waals surface area contributed by atoms with E-state index >= 15 is 0 Å². The molecular weight excluding hydrogens is 192 g/mol. The van der Waals surface area contributed by atoms with Gasteiger partial charge in [0.15, 0.2) is 0 Å². The molecule has 0 radical (unpaired) electrons. The van der Waals surface area contributed by atoms with Gasteiger partial charge in [0.2, 0.25) is 11.8 Å². The number of nitrogens with one attached hydrogen (secondary N) is 1. The van der Waals surface area contributed by atoms with Crippen LogP contribution in [0, 0.1) is 5.92 Å². The first kappa shape index (κ1) is 12.0. The van der Waals surface area contributed by atoms with Crippen LogP contribution in [0.5, 0.6) is 0 Å². The number of carbonyl (C=O) groups excluding carboxylic acids is 2. The summed E-state index contributed by atoms with van der Waals surface area (Å²) in [6.45, 7) is 7.06. The molecule has 0 saturated carbocycles. The lowest BCUT2D eigenvalue weighted by Crippen LogP contribution is -2.57. The summed E-state index contributed by atoms with van der Waals surface area (Å²) in [6.07, 6.45) is 1.62. The van der Waals surface area contributed by atoms with E-state index in [9.17, 15) is 9.59 Å². The minimum absolute atomic E-state index is 0.0368. The Hall–Kier alpha value is -1.06. The van der Waals surface area contributed by atoms with Crippen LogP contribution in [-0.2, 0) is 9.59 Å². The quantitative estimate of drug-likeness (QED) is 0.748. The highest BCUT2D eigenvalue weighted by Gasteiger charge is 2.30. The van der Waals surface area contributed by atoms with Crippen LogP contribution in [0.15, 0.2) is 0 Å². The highest BCUT2D eigenvalue weighted by atomic mass is 16.2. The Morgan fingerprint density at radius 1 is 1.47 bits per heavy atom. The molecule has 1 saturated heterocycles. The van der Waals surface area contributed by atoms with Crippen molar-refractivity contribution in [3.63, 3.8) is 0 Å². The third-order valence-electron chi connectivity index (χ3n) is 2.66. The molecule has 0 aromatic heterocycles. The van der Waals surface area contributed by atoms with Crippen molar-refractivity contribution in [2.45, 2.75) is 39.7 Å². The average molecular weight is 212 g/mol. The molecule has 1 aliphatic rings. The fourth-order valence-corrected chi connectivity index (χ4v) is 1.65. The zero-order valence-corrected chi connectivity index (χ0v) is 9.75. The van der Waals surface area contributed by atoms with Gasteiger partial charge in [-0.2, -0.15) is 0 Å². The molecule has 1 heterocycles. The molecule has 1 unspecified atom stereocenters. The van der Waals surface area contributed by atoms with Gasteiger partial charge in [-0.05, 0) is 18.8 Å². The van der Waals surface area contributed by atoms with Gasteiger partial charge in [-0.1, -0.05) is 20.8 Å². The van der Waals surface area contributed by atoms with Gasteiger partial charge in [-0.25, -0.2) is 0 Å². The van der Waals surface area contributed by atoms with E-state index in [2.05, 4.69) is 19.2 Å². The van der Waals surface area contributed by atoms with Gasteiger partial charge in [0.05, 0.1) is 6.54 Å². The molecule has 0 aromatic rings. The largest absolute Gasteiger partial charge is 0.343 e. The van der Waals surface area contributed by atoms with E-state index in [4.69, 9.17) is 0 Å². The maximum Gasteiger partial charge on any atom is 0.245 e. The van der Waals surface area contributed by atoms with Gasteiger partial charge in [-0.15, -0.1) is 0 Å². The molecule has 2 amide bonds. The van der Waals surface area contributed by atoms with E-state index in [1.54, 1.807) is 4.90 Å². The van der Waals surface area contributed by atoms with Crippen molar-refractivity contribution in [1.29, 1.82) is 0 Å². The van der Waals surface area contributed by atoms with Crippen molar-refractivity contribution in [3.8, 4) is 0 Å². The lowest BCUT2D eigenvalue weighted by Gasteiger charge is -2.32. The summed E-state index contributed by atoms with van der Waals surface area (Å²) in [5.41, 5.74) is 0. The first-order valence-electron chi connectivity index (χ1n) is 5.62. The fourth-order valence-electron chi connectivity index (χ4n) is 1.65.